The Morgan fingerprint density at radius 3 is 2.35 bits per heavy atom. The number of nitrogens with zero attached hydrogens (tertiary/aromatic N) is 1. The second-order valence-electron chi connectivity index (χ2n) is 6.05. The third-order valence-electron chi connectivity index (χ3n) is 4.62. The Morgan fingerprint density at radius 1 is 0.900 bits per heavy atom. The van der Waals surface area contributed by atoms with E-state index in [1.54, 1.807) is 0 Å². The van der Waals surface area contributed by atoms with Crippen molar-refractivity contribution in [2.45, 2.75) is 31.2 Å². The van der Waals surface area contributed by atoms with Crippen molar-refractivity contribution in [3.8, 4) is 0 Å². The lowest BCUT2D eigenvalue weighted by Gasteiger charge is -2.26. The van der Waals surface area contributed by atoms with Crippen molar-refractivity contribution in [2.75, 3.05) is 14.1 Å². The van der Waals surface area contributed by atoms with Crippen LogP contribution in [-0.2, 0) is 6.42 Å². The summed E-state index contributed by atoms with van der Waals surface area (Å²) >= 11 is 0. The molecule has 0 bridgehead atoms. The second-order valence-corrected chi connectivity index (χ2v) is 6.05. The first-order valence-electron chi connectivity index (χ1n) is 7.55. The highest BCUT2D eigenvalue weighted by Crippen LogP contribution is 2.36. The summed E-state index contributed by atoms with van der Waals surface area (Å²) in [5.74, 6) is 0.530. The van der Waals surface area contributed by atoms with E-state index in [1.165, 1.54) is 36.0 Å². The largest absolute Gasteiger partial charge is 0.306 e. The van der Waals surface area contributed by atoms with Gasteiger partial charge in [-0.3, -0.25) is 0 Å². The minimum Gasteiger partial charge on any atom is -0.306 e. The van der Waals surface area contributed by atoms with Gasteiger partial charge in [-0.1, -0.05) is 54.6 Å². The molecule has 0 spiro atoms. The highest BCUT2D eigenvalue weighted by molar-refractivity contribution is 5.39. The average Bonchev–Trinajstić information content (AvgIpc) is 2.68. The fourth-order valence-corrected chi connectivity index (χ4v) is 3.41. The molecule has 20 heavy (non-hydrogen) atoms. The zero-order valence-corrected chi connectivity index (χ0v) is 12.4. The molecule has 1 heteroatoms. The zero-order valence-electron chi connectivity index (χ0n) is 12.4. The summed E-state index contributed by atoms with van der Waals surface area (Å²) in [7, 11) is 4.42. The predicted octanol–water partition coefficient (Wildman–Crippen LogP) is 4.09. The van der Waals surface area contributed by atoms with E-state index < -0.39 is 0 Å². The summed E-state index contributed by atoms with van der Waals surface area (Å²) in [5.41, 5.74) is 4.52. The molecule has 2 aromatic carbocycles. The Kier molecular flexibility index (Phi) is 3.88. The Labute approximate surface area is 122 Å². The van der Waals surface area contributed by atoms with Gasteiger partial charge >= 0.3 is 0 Å². The minimum absolute atomic E-state index is 0.530. The minimum atomic E-state index is 0.530. The average molecular weight is 265 g/mol. The Morgan fingerprint density at radius 2 is 1.60 bits per heavy atom. The van der Waals surface area contributed by atoms with Crippen LogP contribution < -0.4 is 0 Å². The third-order valence-corrected chi connectivity index (χ3v) is 4.62. The van der Waals surface area contributed by atoms with Crippen molar-refractivity contribution in [3.63, 3.8) is 0 Å². The summed E-state index contributed by atoms with van der Waals surface area (Å²) in [6, 6.07) is 20.6. The van der Waals surface area contributed by atoms with E-state index in [-0.39, 0.29) is 0 Å². The van der Waals surface area contributed by atoms with Crippen molar-refractivity contribution in [3.05, 3.63) is 71.3 Å². The lowest BCUT2D eigenvalue weighted by atomic mass is 9.85. The van der Waals surface area contributed by atoms with Crippen molar-refractivity contribution in [1.29, 1.82) is 0 Å². The standard InChI is InChI=1S/C19H23N/c1-20(2)17-13-12-16-10-6-7-11-18(16)19(14-17)15-8-4-3-5-9-15/h3-11,17,19H,12-14H2,1-2H3/t17-,19+/m0/s1. The molecule has 0 radical (unpaired) electrons. The number of aryl methyl sites for hydroxylation is 1. The summed E-state index contributed by atoms with van der Waals surface area (Å²) in [6.45, 7) is 0. The maximum absolute atomic E-state index is 2.39. The molecule has 0 saturated carbocycles. The highest BCUT2D eigenvalue weighted by Gasteiger charge is 2.26. The van der Waals surface area contributed by atoms with E-state index in [0.29, 0.717) is 12.0 Å². The molecule has 2 aromatic rings. The Hall–Kier alpha value is -1.60. The summed E-state index contributed by atoms with van der Waals surface area (Å²) in [5, 5.41) is 0. The molecular weight excluding hydrogens is 242 g/mol. The van der Waals surface area contributed by atoms with Crippen LogP contribution in [0.15, 0.2) is 54.6 Å². The normalized spacial score (nSPS) is 22.4. The first-order valence-corrected chi connectivity index (χ1v) is 7.55. The molecule has 0 saturated heterocycles. The van der Waals surface area contributed by atoms with E-state index >= 15 is 0 Å². The summed E-state index contributed by atoms with van der Waals surface area (Å²) in [4.78, 5) is 2.39. The van der Waals surface area contributed by atoms with Crippen LogP contribution in [0.2, 0.25) is 0 Å². The van der Waals surface area contributed by atoms with Crippen LogP contribution in [0, 0.1) is 0 Å². The SMILES string of the molecule is CN(C)[C@H]1CCc2ccccc2[C@@H](c2ccccc2)C1. The molecule has 0 N–H and O–H groups in total. The van der Waals surface area contributed by atoms with E-state index in [4.69, 9.17) is 0 Å². The monoisotopic (exact) mass is 265 g/mol. The third kappa shape index (κ3) is 2.64. The van der Waals surface area contributed by atoms with Gasteiger partial charge in [-0.2, -0.15) is 0 Å². The smallest absolute Gasteiger partial charge is 0.0107 e. The molecule has 3 rings (SSSR count). The molecule has 0 fully saturated rings. The van der Waals surface area contributed by atoms with E-state index in [1.807, 2.05) is 0 Å². The van der Waals surface area contributed by atoms with Crippen LogP contribution in [0.4, 0.5) is 0 Å². The van der Waals surface area contributed by atoms with Crippen LogP contribution in [-0.4, -0.2) is 25.0 Å². The van der Waals surface area contributed by atoms with Gasteiger partial charge in [0.15, 0.2) is 0 Å². The number of hydrogen-bond donors (Lipinski definition) is 0. The molecule has 0 amide bonds. The lowest BCUT2D eigenvalue weighted by Crippen LogP contribution is -2.29. The fraction of sp³-hybridized carbons (Fsp3) is 0.368. The number of benzene rings is 2. The first-order chi connectivity index (χ1) is 9.75. The van der Waals surface area contributed by atoms with Gasteiger partial charge in [-0.05, 0) is 50.0 Å². The molecule has 1 nitrogen and oxygen atoms in total. The van der Waals surface area contributed by atoms with Crippen LogP contribution >= 0.6 is 0 Å². The van der Waals surface area contributed by atoms with Gasteiger partial charge in [0.1, 0.15) is 0 Å². The molecule has 0 aliphatic heterocycles. The fourth-order valence-electron chi connectivity index (χ4n) is 3.41. The topological polar surface area (TPSA) is 3.24 Å². The first kappa shape index (κ1) is 13.4. The van der Waals surface area contributed by atoms with Crippen LogP contribution in [0.5, 0.6) is 0 Å². The van der Waals surface area contributed by atoms with E-state index in [2.05, 4.69) is 73.6 Å². The van der Waals surface area contributed by atoms with Crippen molar-refractivity contribution in [2.24, 2.45) is 0 Å². The highest BCUT2D eigenvalue weighted by atomic mass is 15.1. The van der Waals surface area contributed by atoms with Gasteiger partial charge in [0.2, 0.25) is 0 Å². The zero-order chi connectivity index (χ0) is 13.9. The van der Waals surface area contributed by atoms with Gasteiger partial charge in [-0.25, -0.2) is 0 Å². The second kappa shape index (κ2) is 5.80. The molecule has 0 unspecified atom stereocenters. The van der Waals surface area contributed by atoms with E-state index in [9.17, 15) is 0 Å². The van der Waals surface area contributed by atoms with Crippen molar-refractivity contribution >= 4 is 0 Å². The molecular formula is C19H23N. The number of fused-ring (bicyclic) bond motifs is 1. The maximum atomic E-state index is 2.39. The van der Waals surface area contributed by atoms with Gasteiger partial charge in [0, 0.05) is 12.0 Å². The van der Waals surface area contributed by atoms with Gasteiger partial charge in [-0.15, -0.1) is 0 Å². The van der Waals surface area contributed by atoms with Crippen LogP contribution in [0.1, 0.15) is 35.4 Å². The number of rotatable bonds is 2. The van der Waals surface area contributed by atoms with Crippen molar-refractivity contribution < 1.29 is 0 Å². The lowest BCUT2D eigenvalue weighted by molar-refractivity contribution is 0.262. The van der Waals surface area contributed by atoms with E-state index in [0.717, 1.165) is 0 Å². The van der Waals surface area contributed by atoms with Gasteiger partial charge < -0.3 is 4.90 Å². The van der Waals surface area contributed by atoms with Gasteiger partial charge in [0.05, 0.1) is 0 Å². The predicted molar refractivity (Wildman–Crippen MR) is 85.1 cm³/mol. The summed E-state index contributed by atoms with van der Waals surface area (Å²) in [6.07, 6.45) is 3.67. The van der Waals surface area contributed by atoms with Crippen LogP contribution in [0.25, 0.3) is 0 Å². The Balaban J connectivity index is 2.03. The molecule has 0 aromatic heterocycles. The van der Waals surface area contributed by atoms with Gasteiger partial charge in [0.25, 0.3) is 0 Å². The molecule has 1 aliphatic carbocycles. The molecule has 0 heterocycles. The van der Waals surface area contributed by atoms with Crippen molar-refractivity contribution in [1.82, 2.24) is 4.90 Å². The Bertz CT molecular complexity index is 559. The number of hydrogen-bond acceptors (Lipinski definition) is 1. The van der Waals surface area contributed by atoms with Crippen LogP contribution in [0.3, 0.4) is 0 Å². The summed E-state index contributed by atoms with van der Waals surface area (Å²) < 4.78 is 0. The maximum Gasteiger partial charge on any atom is 0.0107 e. The quantitative estimate of drug-likeness (QED) is 0.739. The molecule has 2 atom stereocenters. The molecule has 104 valence electrons. The molecule has 1 aliphatic rings.